The highest BCUT2D eigenvalue weighted by molar-refractivity contribution is 5.70. The van der Waals surface area contributed by atoms with E-state index in [0.29, 0.717) is 0 Å². The molecule has 0 aromatic heterocycles. The lowest BCUT2D eigenvalue weighted by Crippen LogP contribution is -2.17. The van der Waals surface area contributed by atoms with E-state index >= 15 is 0 Å². The van der Waals surface area contributed by atoms with Gasteiger partial charge in [0, 0.05) is 6.42 Å². The zero-order chi connectivity index (χ0) is 9.56. The van der Waals surface area contributed by atoms with Gasteiger partial charge in [-0.2, -0.15) is 0 Å². The van der Waals surface area contributed by atoms with E-state index in [4.69, 9.17) is 15.3 Å². The van der Waals surface area contributed by atoms with Crippen molar-refractivity contribution >= 4 is 11.9 Å². The number of aliphatic hydroxyl groups excluding tert-OH is 1. The van der Waals surface area contributed by atoms with Crippen molar-refractivity contribution in [1.29, 1.82) is 0 Å². The molecule has 1 unspecified atom stereocenters. The summed E-state index contributed by atoms with van der Waals surface area (Å²) in [6.07, 6.45) is 0.439. The highest BCUT2D eigenvalue weighted by Crippen LogP contribution is 2.07. The van der Waals surface area contributed by atoms with Gasteiger partial charge in [-0.15, -0.1) is 0 Å². The topological polar surface area (TPSA) is 94.8 Å². The van der Waals surface area contributed by atoms with E-state index in [1.54, 1.807) is 0 Å². The van der Waals surface area contributed by atoms with Crippen LogP contribution in [0.2, 0.25) is 0 Å². The second-order valence-corrected chi connectivity index (χ2v) is 2.50. The molecule has 0 heterocycles. The van der Waals surface area contributed by atoms with Crippen LogP contribution in [0.1, 0.15) is 19.3 Å². The Hall–Kier alpha value is -1.10. The average molecular weight is 176 g/mol. The summed E-state index contributed by atoms with van der Waals surface area (Å²) in [5.41, 5.74) is 0. The van der Waals surface area contributed by atoms with Crippen molar-refractivity contribution in [3.63, 3.8) is 0 Å². The molecular formula is C7H12O5. The van der Waals surface area contributed by atoms with Crippen LogP contribution in [-0.2, 0) is 9.59 Å². The van der Waals surface area contributed by atoms with Gasteiger partial charge in [0.2, 0.25) is 0 Å². The molecule has 0 bridgehead atoms. The lowest BCUT2D eigenvalue weighted by Gasteiger charge is -2.06. The SMILES string of the molecule is O=C(O)CCCC(CO)C(=O)O. The number of rotatable bonds is 6. The zero-order valence-electron chi connectivity index (χ0n) is 6.56. The fourth-order valence-corrected chi connectivity index (χ4v) is 0.793. The Bertz CT molecular complexity index is 165. The third-order valence-corrected chi connectivity index (χ3v) is 1.51. The van der Waals surface area contributed by atoms with Crippen molar-refractivity contribution in [2.75, 3.05) is 6.61 Å². The third kappa shape index (κ3) is 4.68. The summed E-state index contributed by atoms with van der Waals surface area (Å²) in [7, 11) is 0. The molecule has 0 radical (unpaired) electrons. The number of hydrogen-bond donors (Lipinski definition) is 3. The average Bonchev–Trinajstić information content (AvgIpc) is 1.96. The maximum atomic E-state index is 10.3. The minimum Gasteiger partial charge on any atom is -0.481 e. The van der Waals surface area contributed by atoms with Gasteiger partial charge < -0.3 is 15.3 Å². The van der Waals surface area contributed by atoms with Crippen LogP contribution in [-0.4, -0.2) is 33.9 Å². The summed E-state index contributed by atoms with van der Waals surface area (Å²) in [5.74, 6) is -2.86. The zero-order valence-corrected chi connectivity index (χ0v) is 6.56. The van der Waals surface area contributed by atoms with Gasteiger partial charge in [-0.1, -0.05) is 0 Å². The molecule has 0 aliphatic carbocycles. The van der Waals surface area contributed by atoms with Crippen LogP contribution in [0.3, 0.4) is 0 Å². The minimum absolute atomic E-state index is 0.0518. The Balaban J connectivity index is 3.59. The Morgan fingerprint density at radius 1 is 1.25 bits per heavy atom. The predicted octanol–water partition coefficient (Wildman–Crippen LogP) is -0.0656. The van der Waals surface area contributed by atoms with E-state index < -0.39 is 24.5 Å². The Morgan fingerprint density at radius 2 is 1.83 bits per heavy atom. The summed E-state index contributed by atoms with van der Waals surface area (Å²) in [5, 5.41) is 25.2. The van der Waals surface area contributed by atoms with Crippen LogP contribution in [0.15, 0.2) is 0 Å². The van der Waals surface area contributed by atoms with Gasteiger partial charge >= 0.3 is 11.9 Å². The summed E-state index contributed by atoms with van der Waals surface area (Å²) >= 11 is 0. The number of aliphatic carboxylic acids is 2. The van der Waals surface area contributed by atoms with E-state index in [2.05, 4.69) is 0 Å². The molecule has 3 N–H and O–H groups in total. The Labute approximate surface area is 69.6 Å². The molecule has 1 atom stereocenters. The van der Waals surface area contributed by atoms with Crippen LogP contribution >= 0.6 is 0 Å². The van der Waals surface area contributed by atoms with Crippen molar-refractivity contribution in [3.05, 3.63) is 0 Å². The summed E-state index contributed by atoms with van der Waals surface area (Å²) in [4.78, 5) is 20.3. The number of aliphatic hydroxyl groups is 1. The predicted molar refractivity (Wildman–Crippen MR) is 39.7 cm³/mol. The monoisotopic (exact) mass is 176 g/mol. The Kier molecular flexibility index (Phi) is 5.03. The number of carboxylic acids is 2. The molecule has 0 fully saturated rings. The lowest BCUT2D eigenvalue weighted by molar-refractivity contribution is -0.144. The second kappa shape index (κ2) is 5.54. The van der Waals surface area contributed by atoms with Crippen LogP contribution in [0.25, 0.3) is 0 Å². The molecule has 0 aliphatic heterocycles. The quantitative estimate of drug-likeness (QED) is 0.526. The number of hydrogen-bond acceptors (Lipinski definition) is 3. The van der Waals surface area contributed by atoms with Crippen LogP contribution < -0.4 is 0 Å². The highest BCUT2D eigenvalue weighted by Gasteiger charge is 2.15. The van der Waals surface area contributed by atoms with E-state index in [0.717, 1.165) is 0 Å². The molecule has 12 heavy (non-hydrogen) atoms. The fraction of sp³-hybridized carbons (Fsp3) is 0.714. The first kappa shape index (κ1) is 10.9. The lowest BCUT2D eigenvalue weighted by atomic mass is 10.0. The Morgan fingerprint density at radius 3 is 2.17 bits per heavy atom. The van der Waals surface area contributed by atoms with Crippen molar-refractivity contribution in [1.82, 2.24) is 0 Å². The molecule has 0 spiro atoms. The molecule has 0 amide bonds. The van der Waals surface area contributed by atoms with Crippen LogP contribution in [0.5, 0.6) is 0 Å². The summed E-state index contributed by atoms with van der Waals surface area (Å²) < 4.78 is 0. The molecule has 5 heteroatoms. The fourth-order valence-electron chi connectivity index (χ4n) is 0.793. The van der Waals surface area contributed by atoms with Crippen LogP contribution in [0.4, 0.5) is 0 Å². The van der Waals surface area contributed by atoms with Gasteiger partial charge in [-0.25, -0.2) is 0 Å². The minimum atomic E-state index is -1.08. The maximum Gasteiger partial charge on any atom is 0.308 e. The van der Waals surface area contributed by atoms with Gasteiger partial charge in [0.1, 0.15) is 0 Å². The first-order valence-corrected chi connectivity index (χ1v) is 3.63. The first-order chi connectivity index (χ1) is 5.57. The molecule has 0 rings (SSSR count). The van der Waals surface area contributed by atoms with E-state index in [9.17, 15) is 9.59 Å². The third-order valence-electron chi connectivity index (χ3n) is 1.51. The van der Waals surface area contributed by atoms with Crippen molar-refractivity contribution in [3.8, 4) is 0 Å². The van der Waals surface area contributed by atoms with Gasteiger partial charge in [-0.05, 0) is 12.8 Å². The van der Waals surface area contributed by atoms with Crippen molar-refractivity contribution in [2.45, 2.75) is 19.3 Å². The molecular weight excluding hydrogens is 164 g/mol. The molecule has 70 valence electrons. The summed E-state index contributed by atoms with van der Waals surface area (Å²) in [6, 6.07) is 0. The van der Waals surface area contributed by atoms with Crippen molar-refractivity contribution in [2.24, 2.45) is 5.92 Å². The van der Waals surface area contributed by atoms with E-state index in [-0.39, 0.29) is 19.3 Å². The first-order valence-electron chi connectivity index (χ1n) is 3.63. The van der Waals surface area contributed by atoms with Crippen molar-refractivity contribution < 1.29 is 24.9 Å². The smallest absolute Gasteiger partial charge is 0.308 e. The van der Waals surface area contributed by atoms with Gasteiger partial charge in [0.25, 0.3) is 0 Å². The molecule has 0 saturated carbocycles. The van der Waals surface area contributed by atoms with Crippen LogP contribution in [0, 0.1) is 5.92 Å². The van der Waals surface area contributed by atoms with Gasteiger partial charge in [-0.3, -0.25) is 9.59 Å². The molecule has 5 nitrogen and oxygen atoms in total. The molecule has 0 aliphatic rings. The maximum absolute atomic E-state index is 10.3. The van der Waals surface area contributed by atoms with E-state index in [1.807, 2.05) is 0 Å². The second-order valence-electron chi connectivity index (χ2n) is 2.50. The van der Waals surface area contributed by atoms with Gasteiger partial charge in [0.15, 0.2) is 0 Å². The normalized spacial score (nSPS) is 12.4. The molecule has 0 aromatic carbocycles. The largest absolute Gasteiger partial charge is 0.481 e. The molecule has 0 saturated heterocycles. The number of carboxylic acid groups (broad SMARTS) is 2. The standard InChI is InChI=1S/C7H12O5/c8-4-5(7(11)12)2-1-3-6(9)10/h5,8H,1-4H2,(H,9,10)(H,11,12). The summed E-state index contributed by atoms with van der Waals surface area (Å²) in [6.45, 7) is -0.436. The molecule has 0 aromatic rings. The number of carbonyl (C=O) groups is 2. The highest BCUT2D eigenvalue weighted by atomic mass is 16.4. The van der Waals surface area contributed by atoms with Gasteiger partial charge in [0.05, 0.1) is 12.5 Å². The van der Waals surface area contributed by atoms with E-state index in [1.165, 1.54) is 0 Å².